The molecule has 21 heavy (non-hydrogen) atoms. The molecule has 0 aliphatic carbocycles. The van der Waals surface area contributed by atoms with Gasteiger partial charge in [0, 0.05) is 16.7 Å². The zero-order chi connectivity index (χ0) is 15.4. The molecule has 1 aromatic heterocycles. The molecule has 0 fully saturated rings. The standard InChI is InChI=1S/C15H17ClIN3O/c1-10-14(16)11(2)20(19-10)9-5-8-18-15(21)12-6-3-4-7-13(12)17/h3-4,6-7H,5,8-9H2,1-2H3,(H,18,21). The maximum Gasteiger partial charge on any atom is 0.252 e. The summed E-state index contributed by atoms with van der Waals surface area (Å²) >= 11 is 8.27. The van der Waals surface area contributed by atoms with Crippen molar-refractivity contribution in [2.45, 2.75) is 26.8 Å². The van der Waals surface area contributed by atoms with Crippen molar-refractivity contribution in [3.8, 4) is 0 Å². The predicted octanol–water partition coefficient (Wildman–Crippen LogP) is 3.58. The first kappa shape index (κ1) is 16.3. The highest BCUT2D eigenvalue weighted by atomic mass is 127. The Bertz CT molecular complexity index is 654. The van der Waals surface area contributed by atoms with E-state index in [0.717, 1.165) is 32.9 Å². The Labute approximate surface area is 143 Å². The van der Waals surface area contributed by atoms with E-state index in [2.05, 4.69) is 33.0 Å². The number of amides is 1. The van der Waals surface area contributed by atoms with Crippen LogP contribution in [0.25, 0.3) is 0 Å². The van der Waals surface area contributed by atoms with Gasteiger partial charge in [0.1, 0.15) is 0 Å². The van der Waals surface area contributed by atoms with Crippen LogP contribution in [0.15, 0.2) is 24.3 Å². The number of nitrogens with zero attached hydrogens (tertiary/aromatic N) is 2. The maximum absolute atomic E-state index is 12.0. The summed E-state index contributed by atoms with van der Waals surface area (Å²) in [5.41, 5.74) is 2.53. The van der Waals surface area contributed by atoms with Crippen molar-refractivity contribution in [2.24, 2.45) is 0 Å². The largest absolute Gasteiger partial charge is 0.352 e. The second-order valence-electron chi connectivity index (χ2n) is 4.80. The molecule has 2 rings (SSSR count). The molecule has 112 valence electrons. The van der Waals surface area contributed by atoms with Gasteiger partial charge in [-0.05, 0) is 55.0 Å². The van der Waals surface area contributed by atoms with Crippen LogP contribution < -0.4 is 5.32 Å². The topological polar surface area (TPSA) is 46.9 Å². The van der Waals surface area contributed by atoms with Crippen LogP contribution in [-0.4, -0.2) is 22.2 Å². The normalized spacial score (nSPS) is 10.7. The van der Waals surface area contributed by atoms with Crippen molar-refractivity contribution < 1.29 is 4.79 Å². The van der Waals surface area contributed by atoms with E-state index < -0.39 is 0 Å². The first-order chi connectivity index (χ1) is 10.0. The van der Waals surface area contributed by atoms with E-state index >= 15 is 0 Å². The highest BCUT2D eigenvalue weighted by molar-refractivity contribution is 14.1. The summed E-state index contributed by atoms with van der Waals surface area (Å²) in [5, 5.41) is 8.02. The number of halogens is 2. The van der Waals surface area contributed by atoms with Crippen molar-refractivity contribution >= 4 is 40.1 Å². The Balaban J connectivity index is 1.84. The fourth-order valence-electron chi connectivity index (χ4n) is 2.06. The van der Waals surface area contributed by atoms with Gasteiger partial charge in [-0.3, -0.25) is 9.48 Å². The number of hydrogen-bond donors (Lipinski definition) is 1. The summed E-state index contributed by atoms with van der Waals surface area (Å²) < 4.78 is 2.84. The molecule has 6 heteroatoms. The quantitative estimate of drug-likeness (QED) is 0.597. The van der Waals surface area contributed by atoms with E-state index in [0.29, 0.717) is 12.1 Å². The molecule has 4 nitrogen and oxygen atoms in total. The van der Waals surface area contributed by atoms with Gasteiger partial charge in [-0.15, -0.1) is 0 Å². The summed E-state index contributed by atoms with van der Waals surface area (Å²) in [4.78, 5) is 12.0. The minimum Gasteiger partial charge on any atom is -0.352 e. The number of carbonyl (C=O) groups is 1. The Morgan fingerprint density at radius 3 is 2.71 bits per heavy atom. The fourth-order valence-corrected chi connectivity index (χ4v) is 2.83. The number of hydrogen-bond acceptors (Lipinski definition) is 2. The lowest BCUT2D eigenvalue weighted by Crippen LogP contribution is -2.26. The Hall–Kier alpha value is -1.08. The van der Waals surface area contributed by atoms with Gasteiger partial charge >= 0.3 is 0 Å². The van der Waals surface area contributed by atoms with Gasteiger partial charge in [-0.2, -0.15) is 5.10 Å². The molecular weight excluding hydrogens is 401 g/mol. The average Bonchev–Trinajstić information content (AvgIpc) is 2.71. The lowest BCUT2D eigenvalue weighted by atomic mass is 10.2. The monoisotopic (exact) mass is 417 g/mol. The number of aryl methyl sites for hydroxylation is 2. The Morgan fingerprint density at radius 1 is 1.38 bits per heavy atom. The summed E-state index contributed by atoms with van der Waals surface area (Å²) in [6.07, 6.45) is 0.813. The van der Waals surface area contributed by atoms with Crippen LogP contribution in [0.2, 0.25) is 5.02 Å². The second-order valence-corrected chi connectivity index (χ2v) is 6.34. The molecule has 0 saturated carbocycles. The third-order valence-electron chi connectivity index (χ3n) is 3.24. The molecule has 1 heterocycles. The number of benzene rings is 1. The van der Waals surface area contributed by atoms with Crippen LogP contribution in [-0.2, 0) is 6.54 Å². The zero-order valence-corrected chi connectivity index (χ0v) is 14.9. The van der Waals surface area contributed by atoms with Gasteiger partial charge < -0.3 is 5.32 Å². The third-order valence-corrected chi connectivity index (χ3v) is 4.73. The molecule has 0 saturated heterocycles. The number of carbonyl (C=O) groups excluding carboxylic acids is 1. The molecule has 1 aromatic carbocycles. The number of rotatable bonds is 5. The van der Waals surface area contributed by atoms with Crippen LogP contribution in [0.4, 0.5) is 0 Å². The van der Waals surface area contributed by atoms with Crippen LogP contribution in [0, 0.1) is 17.4 Å². The smallest absolute Gasteiger partial charge is 0.252 e. The second kappa shape index (κ2) is 7.26. The van der Waals surface area contributed by atoms with Crippen LogP contribution in [0.3, 0.4) is 0 Å². The minimum atomic E-state index is -0.0357. The summed E-state index contributed by atoms with van der Waals surface area (Å²) in [5.74, 6) is -0.0357. The lowest BCUT2D eigenvalue weighted by molar-refractivity contribution is 0.0951. The zero-order valence-electron chi connectivity index (χ0n) is 12.0. The lowest BCUT2D eigenvalue weighted by Gasteiger charge is -2.08. The van der Waals surface area contributed by atoms with E-state index in [1.165, 1.54) is 0 Å². The summed E-state index contributed by atoms with van der Waals surface area (Å²) in [6, 6.07) is 7.55. The molecule has 1 amide bonds. The van der Waals surface area contributed by atoms with Crippen molar-refractivity contribution in [2.75, 3.05) is 6.54 Å². The molecule has 0 unspecified atom stereocenters. The van der Waals surface area contributed by atoms with Crippen molar-refractivity contribution in [3.05, 3.63) is 49.8 Å². The van der Waals surface area contributed by atoms with E-state index in [1.54, 1.807) is 0 Å². The maximum atomic E-state index is 12.0. The average molecular weight is 418 g/mol. The first-order valence-corrected chi connectivity index (χ1v) is 8.18. The summed E-state index contributed by atoms with van der Waals surface area (Å²) in [6.45, 7) is 5.20. The summed E-state index contributed by atoms with van der Waals surface area (Å²) in [7, 11) is 0. The molecule has 0 atom stereocenters. The minimum absolute atomic E-state index is 0.0357. The molecule has 0 aliphatic rings. The van der Waals surface area contributed by atoms with Gasteiger partial charge in [0.05, 0.1) is 22.0 Å². The highest BCUT2D eigenvalue weighted by Crippen LogP contribution is 2.18. The van der Waals surface area contributed by atoms with Crippen LogP contribution in [0.5, 0.6) is 0 Å². The van der Waals surface area contributed by atoms with Gasteiger partial charge in [0.15, 0.2) is 0 Å². The fraction of sp³-hybridized carbons (Fsp3) is 0.333. The molecule has 0 bridgehead atoms. The molecule has 1 N–H and O–H groups in total. The van der Waals surface area contributed by atoms with E-state index in [1.807, 2.05) is 42.8 Å². The Kier molecular flexibility index (Phi) is 5.64. The molecule has 0 radical (unpaired) electrons. The molecule has 0 aliphatic heterocycles. The first-order valence-electron chi connectivity index (χ1n) is 6.73. The van der Waals surface area contributed by atoms with E-state index in [4.69, 9.17) is 11.6 Å². The van der Waals surface area contributed by atoms with Gasteiger partial charge in [0.2, 0.25) is 0 Å². The third kappa shape index (κ3) is 3.97. The van der Waals surface area contributed by atoms with Crippen molar-refractivity contribution in [1.29, 1.82) is 0 Å². The van der Waals surface area contributed by atoms with Crippen LogP contribution >= 0.6 is 34.2 Å². The molecular formula is C15H17ClIN3O. The predicted molar refractivity (Wildman–Crippen MR) is 92.8 cm³/mol. The number of nitrogens with one attached hydrogen (secondary N) is 1. The van der Waals surface area contributed by atoms with Gasteiger partial charge in [-0.1, -0.05) is 23.7 Å². The van der Waals surface area contributed by atoms with Crippen molar-refractivity contribution in [1.82, 2.24) is 15.1 Å². The van der Waals surface area contributed by atoms with Gasteiger partial charge in [-0.25, -0.2) is 0 Å². The van der Waals surface area contributed by atoms with Crippen LogP contribution in [0.1, 0.15) is 28.2 Å². The van der Waals surface area contributed by atoms with E-state index in [-0.39, 0.29) is 5.91 Å². The SMILES string of the molecule is Cc1nn(CCCNC(=O)c2ccccc2I)c(C)c1Cl. The highest BCUT2D eigenvalue weighted by Gasteiger charge is 2.10. The van der Waals surface area contributed by atoms with E-state index in [9.17, 15) is 4.79 Å². The van der Waals surface area contributed by atoms with Crippen molar-refractivity contribution in [3.63, 3.8) is 0 Å². The van der Waals surface area contributed by atoms with Gasteiger partial charge in [0.25, 0.3) is 5.91 Å². The number of aromatic nitrogens is 2. The molecule has 0 spiro atoms. The Morgan fingerprint density at radius 2 is 2.10 bits per heavy atom. The molecule has 2 aromatic rings.